The van der Waals surface area contributed by atoms with Crippen molar-refractivity contribution in [3.8, 4) is 11.5 Å². The zero-order valence-corrected chi connectivity index (χ0v) is 19.5. The van der Waals surface area contributed by atoms with Gasteiger partial charge in [0.05, 0.1) is 19.3 Å². The molecule has 0 aliphatic carbocycles. The molecule has 0 saturated carbocycles. The van der Waals surface area contributed by atoms with Crippen LogP contribution in [0.3, 0.4) is 0 Å². The van der Waals surface area contributed by atoms with E-state index in [-0.39, 0.29) is 18.2 Å². The first-order valence-corrected chi connectivity index (χ1v) is 11.0. The Kier molecular flexibility index (Phi) is 8.22. The summed E-state index contributed by atoms with van der Waals surface area (Å²) in [5, 5.41) is 4.98. The molecule has 3 aromatic carbocycles. The van der Waals surface area contributed by atoms with E-state index in [1.54, 1.807) is 7.11 Å². The van der Waals surface area contributed by atoms with Gasteiger partial charge >= 0.3 is 0 Å². The molecule has 6 heteroatoms. The lowest BCUT2D eigenvalue weighted by molar-refractivity contribution is 0.237. The molecule has 0 amide bonds. The Morgan fingerprint density at radius 1 is 0.871 bits per heavy atom. The van der Waals surface area contributed by atoms with E-state index in [1.165, 1.54) is 0 Å². The number of hydrogen-bond donors (Lipinski definition) is 2. The van der Waals surface area contributed by atoms with E-state index >= 15 is 0 Å². The molecule has 2 atom stereocenters. The van der Waals surface area contributed by atoms with Crippen LogP contribution in [0.4, 0.5) is 0 Å². The first-order chi connectivity index (χ1) is 14.9. The van der Waals surface area contributed by atoms with E-state index < -0.39 is 0 Å². The molecule has 3 N–H and O–H groups in total. The first kappa shape index (κ1) is 23.4. The topological polar surface area (TPSA) is 56.5 Å². The average Bonchev–Trinajstić information content (AvgIpc) is 2.75. The van der Waals surface area contributed by atoms with Crippen molar-refractivity contribution in [2.45, 2.75) is 38.6 Å². The highest BCUT2D eigenvalue weighted by Crippen LogP contribution is 2.31. The van der Waals surface area contributed by atoms with Crippen molar-refractivity contribution < 1.29 is 9.47 Å². The van der Waals surface area contributed by atoms with Crippen LogP contribution in [0.5, 0.6) is 11.5 Å². The number of hydrogen-bond acceptors (Lipinski definition) is 4. The summed E-state index contributed by atoms with van der Waals surface area (Å²) in [4.78, 5) is 0. The van der Waals surface area contributed by atoms with Gasteiger partial charge in [-0.15, -0.1) is 0 Å². The lowest BCUT2D eigenvalue weighted by Crippen LogP contribution is -2.31. The van der Waals surface area contributed by atoms with Gasteiger partial charge in [0.15, 0.2) is 0 Å². The van der Waals surface area contributed by atoms with Gasteiger partial charge in [0.2, 0.25) is 0 Å². The lowest BCUT2D eigenvalue weighted by Gasteiger charge is -2.27. The molecule has 0 aliphatic heterocycles. The second-order valence-corrected chi connectivity index (χ2v) is 8.50. The largest absolute Gasteiger partial charge is 0.497 e. The third-order valence-corrected chi connectivity index (χ3v) is 5.50. The van der Waals surface area contributed by atoms with E-state index in [4.69, 9.17) is 38.4 Å². The van der Waals surface area contributed by atoms with Crippen molar-refractivity contribution >= 4 is 23.2 Å². The predicted molar refractivity (Wildman–Crippen MR) is 128 cm³/mol. The Hall–Kier alpha value is -2.24. The van der Waals surface area contributed by atoms with Crippen LogP contribution in [0.15, 0.2) is 66.7 Å². The predicted octanol–water partition coefficient (Wildman–Crippen LogP) is 6.32. The summed E-state index contributed by atoms with van der Waals surface area (Å²) in [7, 11) is 1.65. The van der Waals surface area contributed by atoms with E-state index in [9.17, 15) is 0 Å². The molecule has 0 bridgehead atoms. The molecular formula is C25H28Cl2N2O2. The van der Waals surface area contributed by atoms with E-state index in [1.807, 2.05) is 80.6 Å². The molecule has 3 aromatic rings. The number of nitrogens with two attached hydrogens (primary N) is 1. The van der Waals surface area contributed by atoms with Crippen LogP contribution in [0.1, 0.15) is 42.6 Å². The van der Waals surface area contributed by atoms with Gasteiger partial charge in [0, 0.05) is 34.3 Å². The molecule has 164 valence electrons. The molecule has 0 heterocycles. The highest BCUT2D eigenvalue weighted by molar-refractivity contribution is 6.30. The molecule has 0 radical (unpaired) electrons. The van der Waals surface area contributed by atoms with Crippen LogP contribution in [-0.4, -0.2) is 13.2 Å². The molecule has 0 saturated heterocycles. The van der Waals surface area contributed by atoms with Crippen LogP contribution >= 0.6 is 23.2 Å². The minimum absolute atomic E-state index is 0.0502. The Morgan fingerprint density at radius 3 is 2.00 bits per heavy atom. The van der Waals surface area contributed by atoms with Gasteiger partial charge in [-0.05, 0) is 55.3 Å². The Labute approximate surface area is 194 Å². The van der Waals surface area contributed by atoms with Gasteiger partial charge in [0.25, 0.3) is 0 Å². The molecule has 0 aromatic heterocycles. The van der Waals surface area contributed by atoms with Crippen molar-refractivity contribution in [2.75, 3.05) is 7.11 Å². The molecule has 31 heavy (non-hydrogen) atoms. The van der Waals surface area contributed by atoms with E-state index in [0.717, 1.165) is 28.2 Å². The SMILES string of the molecule is COc1ccc(CNC(c2ccc(Cl)cc2)C(N)c2ccc(Cl)cc2)c(OC(C)C)c1. The molecule has 0 spiro atoms. The van der Waals surface area contributed by atoms with Crippen LogP contribution in [0, 0.1) is 0 Å². The Balaban J connectivity index is 1.88. The summed E-state index contributed by atoms with van der Waals surface area (Å²) in [6, 6.07) is 20.8. The lowest BCUT2D eigenvalue weighted by atomic mass is 9.93. The summed E-state index contributed by atoms with van der Waals surface area (Å²) in [5.41, 5.74) is 9.76. The molecule has 3 rings (SSSR count). The summed E-state index contributed by atoms with van der Waals surface area (Å²) < 4.78 is 11.4. The number of ether oxygens (including phenoxy) is 2. The quantitative estimate of drug-likeness (QED) is 0.393. The van der Waals surface area contributed by atoms with Gasteiger partial charge in [-0.2, -0.15) is 0 Å². The van der Waals surface area contributed by atoms with Gasteiger partial charge in [-0.3, -0.25) is 0 Å². The number of benzene rings is 3. The van der Waals surface area contributed by atoms with Gasteiger partial charge in [0.1, 0.15) is 11.5 Å². The van der Waals surface area contributed by atoms with E-state index in [2.05, 4.69) is 5.32 Å². The van der Waals surface area contributed by atoms with Crippen molar-refractivity contribution in [3.63, 3.8) is 0 Å². The minimum Gasteiger partial charge on any atom is -0.497 e. The number of rotatable bonds is 9. The third-order valence-electron chi connectivity index (χ3n) is 4.99. The fourth-order valence-corrected chi connectivity index (χ4v) is 3.64. The van der Waals surface area contributed by atoms with E-state index in [0.29, 0.717) is 16.6 Å². The maximum Gasteiger partial charge on any atom is 0.127 e. The van der Waals surface area contributed by atoms with Crippen molar-refractivity contribution in [3.05, 3.63) is 93.5 Å². The van der Waals surface area contributed by atoms with Gasteiger partial charge in [-0.25, -0.2) is 0 Å². The monoisotopic (exact) mass is 458 g/mol. The van der Waals surface area contributed by atoms with Crippen LogP contribution in [0.25, 0.3) is 0 Å². The second-order valence-electron chi connectivity index (χ2n) is 7.63. The third kappa shape index (κ3) is 6.37. The fourth-order valence-electron chi connectivity index (χ4n) is 3.39. The molecule has 2 unspecified atom stereocenters. The highest BCUT2D eigenvalue weighted by Gasteiger charge is 2.22. The maximum atomic E-state index is 6.70. The van der Waals surface area contributed by atoms with Crippen LogP contribution < -0.4 is 20.5 Å². The van der Waals surface area contributed by atoms with Crippen LogP contribution in [0.2, 0.25) is 10.0 Å². The minimum atomic E-state index is -0.286. The second kappa shape index (κ2) is 10.9. The van der Waals surface area contributed by atoms with Crippen molar-refractivity contribution in [1.82, 2.24) is 5.32 Å². The first-order valence-electron chi connectivity index (χ1n) is 10.2. The van der Waals surface area contributed by atoms with Gasteiger partial charge < -0.3 is 20.5 Å². The molecular weight excluding hydrogens is 431 g/mol. The van der Waals surface area contributed by atoms with Crippen molar-refractivity contribution in [2.24, 2.45) is 5.73 Å². The summed E-state index contributed by atoms with van der Waals surface area (Å²) in [6.07, 6.45) is 0.0502. The Bertz CT molecular complexity index is 976. The smallest absolute Gasteiger partial charge is 0.127 e. The van der Waals surface area contributed by atoms with Crippen LogP contribution in [-0.2, 0) is 6.54 Å². The highest BCUT2D eigenvalue weighted by atomic mass is 35.5. The standard InChI is InChI=1S/C25H28Cl2N2O2/c1-16(2)31-23-14-22(30-3)13-8-19(23)15-29-25(18-6-11-21(27)12-7-18)24(28)17-4-9-20(26)10-5-17/h4-14,16,24-25,29H,15,28H2,1-3H3. The number of halogens is 2. The Morgan fingerprint density at radius 2 is 1.45 bits per heavy atom. The molecule has 0 aliphatic rings. The van der Waals surface area contributed by atoms with Crippen molar-refractivity contribution in [1.29, 1.82) is 0 Å². The molecule has 4 nitrogen and oxygen atoms in total. The zero-order valence-electron chi connectivity index (χ0n) is 17.9. The molecule has 0 fully saturated rings. The average molecular weight is 459 g/mol. The number of methoxy groups -OCH3 is 1. The summed E-state index contributed by atoms with van der Waals surface area (Å²) >= 11 is 12.2. The summed E-state index contributed by atoms with van der Waals surface area (Å²) in [5.74, 6) is 1.54. The van der Waals surface area contributed by atoms with Gasteiger partial charge in [-0.1, -0.05) is 53.5 Å². The number of nitrogens with one attached hydrogen (secondary N) is 1. The summed E-state index contributed by atoms with van der Waals surface area (Å²) in [6.45, 7) is 4.58. The fraction of sp³-hybridized carbons (Fsp3) is 0.280. The zero-order chi connectivity index (χ0) is 22.4. The maximum absolute atomic E-state index is 6.70. The normalized spacial score (nSPS) is 13.1.